The zero-order valence-corrected chi connectivity index (χ0v) is 21.3. The molecule has 1 amide bonds. The van der Waals surface area contributed by atoms with Crippen LogP contribution in [-0.4, -0.2) is 47.0 Å². The first kappa shape index (κ1) is 21.8. The maximum atomic E-state index is 13.0. The van der Waals surface area contributed by atoms with Gasteiger partial charge in [-0.2, -0.15) is 0 Å². The van der Waals surface area contributed by atoms with Crippen molar-refractivity contribution in [3.8, 4) is 0 Å². The van der Waals surface area contributed by atoms with E-state index in [1.807, 2.05) is 40.5 Å². The van der Waals surface area contributed by atoms with Gasteiger partial charge in [0.25, 0.3) is 5.91 Å². The molecule has 1 atom stereocenters. The molecule has 1 aliphatic heterocycles. The summed E-state index contributed by atoms with van der Waals surface area (Å²) in [4.78, 5) is 30.0. The quantitative estimate of drug-likeness (QED) is 0.453. The molecule has 7 heteroatoms. The normalized spacial score (nSPS) is 19.0. The number of thiophene rings is 1. The highest BCUT2D eigenvalue weighted by atomic mass is 79.9. The number of rotatable bonds is 3. The Morgan fingerprint density at radius 1 is 1.19 bits per heavy atom. The van der Waals surface area contributed by atoms with Crippen LogP contribution < -0.4 is 4.90 Å². The van der Waals surface area contributed by atoms with Gasteiger partial charge in [-0.3, -0.25) is 4.79 Å². The standard InChI is InChI=1S/C25H29BrN4OS/c1-15(2)22-27-23(21-19-8-7-16(3)13-20(19)32-24(21)28-22)29-9-11-30(12-10-29)25(31)17-5-4-6-18(26)14-17/h4-6,14-16H,7-13H2,1-3H3/t16-/m0/s1. The van der Waals surface area contributed by atoms with Gasteiger partial charge in [0.05, 0.1) is 5.39 Å². The number of aromatic nitrogens is 2. The molecule has 2 aliphatic rings. The number of hydrogen-bond acceptors (Lipinski definition) is 5. The molecular formula is C25H29BrN4OS. The number of nitrogens with zero attached hydrogens (tertiary/aromatic N) is 4. The first-order valence-corrected chi connectivity index (χ1v) is 13.1. The molecule has 1 fully saturated rings. The van der Waals surface area contributed by atoms with E-state index in [1.165, 1.54) is 22.2 Å². The van der Waals surface area contributed by atoms with E-state index >= 15 is 0 Å². The number of carbonyl (C=O) groups is 1. The van der Waals surface area contributed by atoms with Crippen molar-refractivity contribution in [1.29, 1.82) is 0 Å². The van der Waals surface area contributed by atoms with Gasteiger partial charge in [-0.25, -0.2) is 9.97 Å². The molecule has 0 unspecified atom stereocenters. The van der Waals surface area contributed by atoms with Crippen molar-refractivity contribution in [2.45, 2.75) is 46.0 Å². The van der Waals surface area contributed by atoms with Crippen LogP contribution in [0.2, 0.25) is 0 Å². The molecule has 1 saturated heterocycles. The van der Waals surface area contributed by atoms with Crippen LogP contribution >= 0.6 is 27.3 Å². The summed E-state index contributed by atoms with van der Waals surface area (Å²) in [5, 5.41) is 1.27. The fourth-order valence-corrected chi connectivity index (χ4v) is 6.54. The number of aryl methyl sites for hydroxylation is 1. The summed E-state index contributed by atoms with van der Waals surface area (Å²) in [6.07, 6.45) is 3.51. The first-order valence-electron chi connectivity index (χ1n) is 11.5. The zero-order valence-electron chi connectivity index (χ0n) is 18.9. The van der Waals surface area contributed by atoms with Crippen molar-refractivity contribution in [3.63, 3.8) is 0 Å². The molecule has 168 valence electrons. The Bertz CT molecular complexity index is 1170. The van der Waals surface area contributed by atoms with Gasteiger partial charge < -0.3 is 9.80 Å². The summed E-state index contributed by atoms with van der Waals surface area (Å²) < 4.78 is 0.933. The number of fused-ring (bicyclic) bond motifs is 3. The molecule has 2 aromatic heterocycles. The predicted molar refractivity (Wildman–Crippen MR) is 135 cm³/mol. The summed E-state index contributed by atoms with van der Waals surface area (Å²) >= 11 is 5.34. The number of hydrogen-bond donors (Lipinski definition) is 0. The van der Waals surface area contributed by atoms with E-state index in [-0.39, 0.29) is 11.8 Å². The second kappa shape index (κ2) is 8.75. The van der Waals surface area contributed by atoms with Gasteiger partial charge >= 0.3 is 0 Å². The van der Waals surface area contributed by atoms with Gasteiger partial charge in [-0.05, 0) is 48.9 Å². The van der Waals surface area contributed by atoms with E-state index in [4.69, 9.17) is 9.97 Å². The lowest BCUT2D eigenvalue weighted by Gasteiger charge is -2.36. The van der Waals surface area contributed by atoms with Crippen molar-refractivity contribution in [3.05, 3.63) is 50.6 Å². The van der Waals surface area contributed by atoms with Crippen LogP contribution in [0.4, 0.5) is 5.82 Å². The van der Waals surface area contributed by atoms with Gasteiger partial charge in [0.15, 0.2) is 0 Å². The highest BCUT2D eigenvalue weighted by Gasteiger charge is 2.29. The van der Waals surface area contributed by atoms with Crippen molar-refractivity contribution in [1.82, 2.24) is 14.9 Å². The van der Waals surface area contributed by atoms with E-state index < -0.39 is 0 Å². The van der Waals surface area contributed by atoms with Crippen molar-refractivity contribution in [2.75, 3.05) is 31.1 Å². The van der Waals surface area contributed by atoms with Gasteiger partial charge in [-0.15, -0.1) is 11.3 Å². The summed E-state index contributed by atoms with van der Waals surface area (Å²) in [7, 11) is 0. The maximum Gasteiger partial charge on any atom is 0.254 e. The SMILES string of the molecule is CC(C)c1nc(N2CCN(C(=O)c3cccc(Br)c3)CC2)c2c3c(sc2n1)C[C@@H](C)CC3. The zero-order chi connectivity index (χ0) is 22.4. The molecule has 5 nitrogen and oxygen atoms in total. The number of halogens is 1. The number of amides is 1. The van der Waals surface area contributed by atoms with E-state index in [0.29, 0.717) is 13.1 Å². The molecule has 0 radical (unpaired) electrons. The molecule has 0 spiro atoms. The minimum Gasteiger partial charge on any atom is -0.352 e. The Morgan fingerprint density at radius 2 is 1.97 bits per heavy atom. The monoisotopic (exact) mass is 512 g/mol. The third-order valence-corrected chi connectivity index (χ3v) is 8.25. The summed E-state index contributed by atoms with van der Waals surface area (Å²) in [6, 6.07) is 7.65. The molecule has 5 rings (SSSR count). The Hall–Kier alpha value is -1.99. The molecule has 0 saturated carbocycles. The third-order valence-electron chi connectivity index (χ3n) is 6.61. The lowest BCUT2D eigenvalue weighted by Crippen LogP contribution is -2.49. The Labute approximate surface area is 202 Å². The molecule has 3 aromatic rings. The molecule has 1 aromatic carbocycles. The molecular weight excluding hydrogens is 484 g/mol. The third kappa shape index (κ3) is 4.05. The Kier molecular flexibility index (Phi) is 5.97. The van der Waals surface area contributed by atoms with Crippen LogP contribution in [0, 0.1) is 5.92 Å². The predicted octanol–water partition coefficient (Wildman–Crippen LogP) is 5.66. The van der Waals surface area contributed by atoms with Gasteiger partial charge in [0, 0.05) is 47.0 Å². The lowest BCUT2D eigenvalue weighted by atomic mass is 9.89. The topological polar surface area (TPSA) is 49.3 Å². The lowest BCUT2D eigenvalue weighted by molar-refractivity contribution is 0.0746. The Morgan fingerprint density at radius 3 is 2.69 bits per heavy atom. The largest absolute Gasteiger partial charge is 0.352 e. The molecule has 0 N–H and O–H groups in total. The highest BCUT2D eigenvalue weighted by Crippen LogP contribution is 2.41. The first-order chi connectivity index (χ1) is 15.4. The van der Waals surface area contributed by atoms with Gasteiger partial charge in [0.1, 0.15) is 16.5 Å². The van der Waals surface area contributed by atoms with Crippen LogP contribution in [0.25, 0.3) is 10.2 Å². The van der Waals surface area contributed by atoms with E-state index in [2.05, 4.69) is 41.6 Å². The smallest absolute Gasteiger partial charge is 0.254 e. The highest BCUT2D eigenvalue weighted by molar-refractivity contribution is 9.10. The van der Waals surface area contributed by atoms with Crippen LogP contribution in [-0.2, 0) is 12.8 Å². The van der Waals surface area contributed by atoms with Crippen LogP contribution in [0.5, 0.6) is 0 Å². The number of piperazine rings is 1. The van der Waals surface area contributed by atoms with Crippen LogP contribution in [0.1, 0.15) is 59.7 Å². The van der Waals surface area contributed by atoms with E-state index in [0.717, 1.165) is 58.4 Å². The van der Waals surface area contributed by atoms with Crippen molar-refractivity contribution < 1.29 is 4.79 Å². The van der Waals surface area contributed by atoms with Gasteiger partial charge in [0.2, 0.25) is 0 Å². The van der Waals surface area contributed by atoms with E-state index in [9.17, 15) is 4.79 Å². The summed E-state index contributed by atoms with van der Waals surface area (Å²) in [5.74, 6) is 3.13. The van der Waals surface area contributed by atoms with Crippen molar-refractivity contribution >= 4 is 49.2 Å². The number of benzene rings is 1. The number of anilines is 1. The Balaban J connectivity index is 1.44. The van der Waals surface area contributed by atoms with Gasteiger partial charge in [-0.1, -0.05) is 42.8 Å². The fourth-order valence-electron chi connectivity index (χ4n) is 4.75. The minimum atomic E-state index is 0.101. The maximum absolute atomic E-state index is 13.0. The molecule has 32 heavy (non-hydrogen) atoms. The van der Waals surface area contributed by atoms with Crippen LogP contribution in [0.3, 0.4) is 0 Å². The molecule has 1 aliphatic carbocycles. The average Bonchev–Trinajstić information content (AvgIpc) is 3.15. The molecule has 0 bridgehead atoms. The number of carbonyl (C=O) groups excluding carboxylic acids is 1. The summed E-state index contributed by atoms with van der Waals surface area (Å²) in [6.45, 7) is 9.68. The molecule has 3 heterocycles. The second-order valence-electron chi connectivity index (χ2n) is 9.38. The average molecular weight is 514 g/mol. The van der Waals surface area contributed by atoms with Crippen molar-refractivity contribution in [2.24, 2.45) is 5.92 Å². The minimum absolute atomic E-state index is 0.101. The summed E-state index contributed by atoms with van der Waals surface area (Å²) in [5.41, 5.74) is 2.21. The van der Waals surface area contributed by atoms with E-state index in [1.54, 1.807) is 0 Å². The second-order valence-corrected chi connectivity index (χ2v) is 11.4. The fraction of sp³-hybridized carbons (Fsp3) is 0.480. The van der Waals surface area contributed by atoms with Crippen LogP contribution in [0.15, 0.2) is 28.7 Å².